The molecule has 0 saturated carbocycles. The smallest absolute Gasteiger partial charge is 0.125 e. The van der Waals surface area contributed by atoms with E-state index in [1.807, 2.05) is 24.1 Å². The highest BCUT2D eigenvalue weighted by molar-refractivity contribution is 5.53. The standard InChI is InChI=1S/C4H10N4/c1-7-3-6-8(2)4-5-7/h3,5H,4H2,1-2H3. The predicted molar refractivity (Wildman–Crippen MR) is 32.0 cm³/mol. The van der Waals surface area contributed by atoms with Crippen molar-refractivity contribution in [2.45, 2.75) is 0 Å². The Morgan fingerprint density at radius 1 is 1.62 bits per heavy atom. The summed E-state index contributed by atoms with van der Waals surface area (Å²) in [7, 11) is 3.83. The molecule has 4 nitrogen and oxygen atoms in total. The first-order valence-electron chi connectivity index (χ1n) is 2.50. The van der Waals surface area contributed by atoms with Crippen LogP contribution in [-0.2, 0) is 0 Å². The first kappa shape index (κ1) is 5.37. The van der Waals surface area contributed by atoms with Crippen LogP contribution in [0.1, 0.15) is 0 Å². The molecule has 0 saturated heterocycles. The predicted octanol–water partition coefficient (Wildman–Crippen LogP) is -0.731. The minimum atomic E-state index is 0.785. The third-order valence-electron chi connectivity index (χ3n) is 0.971. The van der Waals surface area contributed by atoms with Crippen molar-refractivity contribution in [3.05, 3.63) is 0 Å². The van der Waals surface area contributed by atoms with Crippen LogP contribution in [-0.4, -0.2) is 37.1 Å². The van der Waals surface area contributed by atoms with Crippen LogP contribution in [0.25, 0.3) is 0 Å². The second-order valence-corrected chi connectivity index (χ2v) is 1.82. The van der Waals surface area contributed by atoms with E-state index in [0.29, 0.717) is 0 Å². The first-order valence-corrected chi connectivity index (χ1v) is 2.50. The van der Waals surface area contributed by atoms with Crippen LogP contribution in [0.15, 0.2) is 5.10 Å². The number of hydrogen-bond acceptors (Lipinski definition) is 4. The van der Waals surface area contributed by atoms with Crippen molar-refractivity contribution in [2.24, 2.45) is 5.10 Å². The Kier molecular flexibility index (Phi) is 1.34. The molecule has 0 aromatic carbocycles. The largest absolute Gasteiger partial charge is 0.298 e. The minimum Gasteiger partial charge on any atom is -0.298 e. The lowest BCUT2D eigenvalue weighted by atomic mass is 10.9. The molecule has 0 amide bonds. The van der Waals surface area contributed by atoms with E-state index in [4.69, 9.17) is 0 Å². The molecule has 46 valence electrons. The van der Waals surface area contributed by atoms with Crippen molar-refractivity contribution in [3.8, 4) is 0 Å². The van der Waals surface area contributed by atoms with Crippen molar-refractivity contribution >= 4 is 6.34 Å². The monoisotopic (exact) mass is 114 g/mol. The van der Waals surface area contributed by atoms with Gasteiger partial charge in [0.05, 0.1) is 0 Å². The fraction of sp³-hybridized carbons (Fsp3) is 0.750. The molecule has 0 atom stereocenters. The summed E-state index contributed by atoms with van der Waals surface area (Å²) >= 11 is 0. The lowest BCUT2D eigenvalue weighted by molar-refractivity contribution is 0.211. The van der Waals surface area contributed by atoms with Crippen LogP contribution in [0.4, 0.5) is 0 Å². The average Bonchev–Trinajstić information content (AvgIpc) is 1.77. The lowest BCUT2D eigenvalue weighted by Gasteiger charge is -2.24. The summed E-state index contributed by atoms with van der Waals surface area (Å²) in [6, 6.07) is 0. The van der Waals surface area contributed by atoms with Crippen molar-refractivity contribution in [1.29, 1.82) is 0 Å². The van der Waals surface area contributed by atoms with Crippen molar-refractivity contribution in [1.82, 2.24) is 15.4 Å². The highest BCUT2D eigenvalue weighted by atomic mass is 15.6. The van der Waals surface area contributed by atoms with Gasteiger partial charge in [0.25, 0.3) is 0 Å². The molecule has 1 heterocycles. The molecule has 0 aliphatic carbocycles. The molecule has 0 aromatic heterocycles. The quantitative estimate of drug-likeness (QED) is 0.450. The lowest BCUT2D eigenvalue weighted by Crippen LogP contribution is -2.43. The molecule has 0 unspecified atom stereocenters. The molecular weight excluding hydrogens is 104 g/mol. The summed E-state index contributed by atoms with van der Waals surface area (Å²) in [4.78, 5) is 0. The van der Waals surface area contributed by atoms with Gasteiger partial charge >= 0.3 is 0 Å². The highest BCUT2D eigenvalue weighted by Crippen LogP contribution is 1.84. The normalized spacial score (nSPS) is 19.8. The number of nitrogens with zero attached hydrogens (tertiary/aromatic N) is 3. The van der Waals surface area contributed by atoms with E-state index < -0.39 is 0 Å². The molecule has 1 N–H and O–H groups in total. The maximum Gasteiger partial charge on any atom is 0.125 e. The van der Waals surface area contributed by atoms with E-state index in [2.05, 4.69) is 10.5 Å². The van der Waals surface area contributed by atoms with Crippen molar-refractivity contribution in [3.63, 3.8) is 0 Å². The van der Waals surface area contributed by atoms with Gasteiger partial charge in [-0.2, -0.15) is 5.10 Å². The van der Waals surface area contributed by atoms with E-state index >= 15 is 0 Å². The second kappa shape index (κ2) is 2.00. The van der Waals surface area contributed by atoms with Gasteiger partial charge in [0.15, 0.2) is 0 Å². The maximum absolute atomic E-state index is 3.98. The number of nitrogens with one attached hydrogen (secondary N) is 1. The van der Waals surface area contributed by atoms with E-state index in [1.54, 1.807) is 6.34 Å². The van der Waals surface area contributed by atoms with Gasteiger partial charge in [0.1, 0.15) is 13.0 Å². The Hall–Kier alpha value is -0.770. The Labute approximate surface area is 48.7 Å². The minimum absolute atomic E-state index is 0.785. The fourth-order valence-electron chi connectivity index (χ4n) is 0.461. The van der Waals surface area contributed by atoms with Gasteiger partial charge in [-0.1, -0.05) is 0 Å². The maximum atomic E-state index is 3.98. The number of hydrazone groups is 1. The van der Waals surface area contributed by atoms with E-state index in [0.717, 1.165) is 6.67 Å². The van der Waals surface area contributed by atoms with Crippen LogP contribution in [0.3, 0.4) is 0 Å². The molecule has 0 aromatic rings. The molecule has 1 rings (SSSR count). The molecule has 0 fully saturated rings. The molecule has 0 bridgehead atoms. The van der Waals surface area contributed by atoms with E-state index in [-0.39, 0.29) is 0 Å². The molecule has 8 heavy (non-hydrogen) atoms. The van der Waals surface area contributed by atoms with Crippen molar-refractivity contribution in [2.75, 3.05) is 20.8 Å². The van der Waals surface area contributed by atoms with Gasteiger partial charge < -0.3 is 0 Å². The molecule has 0 spiro atoms. The van der Waals surface area contributed by atoms with Gasteiger partial charge in [0, 0.05) is 14.1 Å². The Morgan fingerprint density at radius 3 is 2.75 bits per heavy atom. The zero-order valence-electron chi connectivity index (χ0n) is 5.13. The number of hydrazine groups is 1. The molecule has 4 heteroatoms. The van der Waals surface area contributed by atoms with Gasteiger partial charge in [-0.25, -0.2) is 5.43 Å². The van der Waals surface area contributed by atoms with Crippen LogP contribution in [0, 0.1) is 0 Å². The summed E-state index contributed by atoms with van der Waals surface area (Å²) in [6.07, 6.45) is 1.73. The SMILES string of the molecule is CN1CNN(C)C=N1. The molecular formula is C4H10N4. The van der Waals surface area contributed by atoms with Gasteiger partial charge in [0.2, 0.25) is 0 Å². The van der Waals surface area contributed by atoms with E-state index in [1.165, 1.54) is 0 Å². The first-order chi connectivity index (χ1) is 3.79. The van der Waals surface area contributed by atoms with Crippen LogP contribution in [0.5, 0.6) is 0 Å². The van der Waals surface area contributed by atoms with Crippen LogP contribution in [0.2, 0.25) is 0 Å². The van der Waals surface area contributed by atoms with Gasteiger partial charge in [-0.15, -0.1) is 0 Å². The molecule has 1 aliphatic heterocycles. The van der Waals surface area contributed by atoms with Gasteiger partial charge in [-0.3, -0.25) is 10.0 Å². The number of hydrogen-bond donors (Lipinski definition) is 1. The Balaban J connectivity index is 2.42. The summed E-state index contributed by atoms with van der Waals surface area (Å²) in [6.45, 7) is 0.785. The summed E-state index contributed by atoms with van der Waals surface area (Å²) in [5, 5.41) is 7.62. The molecule has 1 aliphatic rings. The Morgan fingerprint density at radius 2 is 2.38 bits per heavy atom. The topological polar surface area (TPSA) is 30.9 Å². The summed E-state index contributed by atoms with van der Waals surface area (Å²) in [5.41, 5.74) is 3.04. The summed E-state index contributed by atoms with van der Waals surface area (Å²) < 4.78 is 0. The zero-order chi connectivity index (χ0) is 5.98. The zero-order valence-corrected chi connectivity index (χ0v) is 5.13. The number of rotatable bonds is 0. The van der Waals surface area contributed by atoms with E-state index in [9.17, 15) is 0 Å². The fourth-order valence-corrected chi connectivity index (χ4v) is 0.461. The Bertz CT molecular complexity index is 88.2. The summed E-state index contributed by atoms with van der Waals surface area (Å²) in [5.74, 6) is 0. The van der Waals surface area contributed by atoms with Crippen LogP contribution < -0.4 is 5.43 Å². The average molecular weight is 114 g/mol. The molecule has 0 radical (unpaired) electrons. The third kappa shape index (κ3) is 1.10. The third-order valence-corrected chi connectivity index (χ3v) is 0.971. The second-order valence-electron chi connectivity index (χ2n) is 1.82. The van der Waals surface area contributed by atoms with Crippen LogP contribution >= 0.6 is 0 Å². The van der Waals surface area contributed by atoms with Crippen molar-refractivity contribution < 1.29 is 0 Å². The van der Waals surface area contributed by atoms with Gasteiger partial charge in [-0.05, 0) is 0 Å². The highest BCUT2D eigenvalue weighted by Gasteiger charge is 1.98.